The van der Waals surface area contributed by atoms with E-state index in [0.717, 1.165) is 70.6 Å². The van der Waals surface area contributed by atoms with E-state index >= 15 is 0 Å². The summed E-state index contributed by atoms with van der Waals surface area (Å²) in [5, 5.41) is 23.4. The molecule has 0 fully saturated rings. The van der Waals surface area contributed by atoms with Crippen molar-refractivity contribution in [3.63, 3.8) is 0 Å². The first-order chi connectivity index (χ1) is 34.5. The minimum atomic E-state index is -0.677. The van der Waals surface area contributed by atoms with Crippen LogP contribution in [0, 0.1) is 0 Å². The SMILES string of the molecule is CCCCC/C=C\C/C=C\CCCCCCCC(=O)OCCCCCCCCC/C=C\CCCCCCCC(=O)NC(CO)C(O)CCCCCCCCCCCCCCCCCCCCCCCC. The number of carbonyl (C=O) groups is 2. The zero-order valence-electron chi connectivity index (χ0n) is 47.0. The molecule has 0 saturated carbocycles. The number of allylic oxidation sites excluding steroid dienone is 6. The van der Waals surface area contributed by atoms with Gasteiger partial charge in [0.25, 0.3) is 0 Å². The molecule has 2 unspecified atom stereocenters. The molecule has 0 aliphatic carbocycles. The third-order valence-electron chi connectivity index (χ3n) is 14.4. The van der Waals surface area contributed by atoms with Crippen LogP contribution in [0.2, 0.25) is 0 Å². The molecule has 3 N–H and O–H groups in total. The molecule has 70 heavy (non-hydrogen) atoms. The Hall–Kier alpha value is -1.92. The second-order valence-corrected chi connectivity index (χ2v) is 21.4. The number of aliphatic hydroxyl groups excluding tert-OH is 2. The van der Waals surface area contributed by atoms with Crippen molar-refractivity contribution in [2.75, 3.05) is 13.2 Å². The van der Waals surface area contributed by atoms with Gasteiger partial charge in [-0.2, -0.15) is 0 Å². The summed E-state index contributed by atoms with van der Waals surface area (Å²) in [4.78, 5) is 24.6. The van der Waals surface area contributed by atoms with Crippen LogP contribution in [0.15, 0.2) is 36.5 Å². The number of ether oxygens (including phenoxy) is 1. The van der Waals surface area contributed by atoms with Crippen LogP contribution in [-0.4, -0.2) is 47.4 Å². The monoisotopic (exact) mass is 984 g/mol. The van der Waals surface area contributed by atoms with Crippen molar-refractivity contribution in [1.29, 1.82) is 0 Å². The molecule has 1 amide bonds. The number of nitrogens with one attached hydrogen (secondary N) is 1. The van der Waals surface area contributed by atoms with Crippen molar-refractivity contribution in [2.24, 2.45) is 0 Å². The summed E-state index contributed by atoms with van der Waals surface area (Å²) in [6, 6.07) is -0.556. The second-order valence-electron chi connectivity index (χ2n) is 21.4. The fourth-order valence-electron chi connectivity index (χ4n) is 9.61. The van der Waals surface area contributed by atoms with Gasteiger partial charge in [-0.15, -0.1) is 0 Å². The maximum atomic E-state index is 12.5. The Morgan fingerprint density at radius 2 is 0.714 bits per heavy atom. The summed E-state index contributed by atoms with van der Waals surface area (Å²) in [5.74, 6) is -0.0662. The highest BCUT2D eigenvalue weighted by atomic mass is 16.5. The Labute approximate surface area is 436 Å². The van der Waals surface area contributed by atoms with E-state index in [4.69, 9.17) is 4.74 Å². The van der Waals surface area contributed by atoms with Crippen LogP contribution in [0.3, 0.4) is 0 Å². The Morgan fingerprint density at radius 3 is 1.13 bits per heavy atom. The standard InChI is InChI=1S/C64H121NO5/c1-3-5-7-9-11-13-15-17-19-20-21-22-23-24-25-29-32-36-40-44-48-52-56-62(67)61(60-66)65-63(68)57-53-49-45-41-37-33-30-26-27-31-35-39-43-47-51-55-59-70-64(69)58-54-50-46-42-38-34-28-18-16-14-12-10-8-6-4-2/h12,14,18,26,28,30,61-62,66-67H,3-11,13,15-17,19-25,27,29,31-60H2,1-2H3,(H,65,68)/b14-12-,28-18-,30-26-. The van der Waals surface area contributed by atoms with Gasteiger partial charge in [0.15, 0.2) is 0 Å². The lowest BCUT2D eigenvalue weighted by Gasteiger charge is -2.22. The van der Waals surface area contributed by atoms with E-state index in [1.54, 1.807) is 0 Å². The largest absolute Gasteiger partial charge is 0.466 e. The van der Waals surface area contributed by atoms with Gasteiger partial charge in [-0.1, -0.05) is 275 Å². The molecule has 0 spiro atoms. The number of hydrogen-bond acceptors (Lipinski definition) is 5. The van der Waals surface area contributed by atoms with Gasteiger partial charge in [0.05, 0.1) is 25.4 Å². The van der Waals surface area contributed by atoms with Crippen LogP contribution < -0.4 is 5.32 Å². The fraction of sp³-hybridized carbons (Fsp3) is 0.875. The Balaban J connectivity index is 3.47. The van der Waals surface area contributed by atoms with Gasteiger partial charge in [-0.3, -0.25) is 9.59 Å². The quantitative estimate of drug-likeness (QED) is 0.0321. The van der Waals surface area contributed by atoms with E-state index in [9.17, 15) is 19.8 Å². The third kappa shape index (κ3) is 55.4. The van der Waals surface area contributed by atoms with Gasteiger partial charge >= 0.3 is 5.97 Å². The van der Waals surface area contributed by atoms with Crippen molar-refractivity contribution >= 4 is 11.9 Å². The maximum Gasteiger partial charge on any atom is 0.305 e. The number of rotatable bonds is 58. The summed E-state index contributed by atoms with van der Waals surface area (Å²) in [7, 11) is 0. The summed E-state index contributed by atoms with van der Waals surface area (Å²) >= 11 is 0. The molecule has 6 heteroatoms. The third-order valence-corrected chi connectivity index (χ3v) is 14.4. The molecule has 0 heterocycles. The van der Waals surface area contributed by atoms with E-state index in [0.29, 0.717) is 25.9 Å². The molecular weight excluding hydrogens is 863 g/mol. The molecule has 0 radical (unpaired) electrons. The smallest absolute Gasteiger partial charge is 0.305 e. The zero-order chi connectivity index (χ0) is 50.7. The topological polar surface area (TPSA) is 95.9 Å². The first-order valence-corrected chi connectivity index (χ1v) is 31.2. The highest BCUT2D eigenvalue weighted by molar-refractivity contribution is 5.76. The zero-order valence-corrected chi connectivity index (χ0v) is 47.0. The first-order valence-electron chi connectivity index (χ1n) is 31.2. The lowest BCUT2D eigenvalue weighted by molar-refractivity contribution is -0.143. The average molecular weight is 985 g/mol. The fourth-order valence-corrected chi connectivity index (χ4v) is 9.61. The molecular formula is C64H121NO5. The molecule has 0 aliphatic heterocycles. The highest BCUT2D eigenvalue weighted by Crippen LogP contribution is 2.17. The average Bonchev–Trinajstić information content (AvgIpc) is 3.36. The molecule has 0 aromatic heterocycles. The van der Waals surface area contributed by atoms with Crippen LogP contribution in [-0.2, 0) is 14.3 Å². The molecule has 0 bridgehead atoms. The number of amides is 1. The Kier molecular flexibility index (Phi) is 58.0. The summed E-state index contributed by atoms with van der Waals surface area (Å²) in [6.45, 7) is 4.92. The predicted molar refractivity (Wildman–Crippen MR) is 306 cm³/mol. The number of hydrogen-bond donors (Lipinski definition) is 3. The van der Waals surface area contributed by atoms with Gasteiger partial charge in [0.2, 0.25) is 5.91 Å². The van der Waals surface area contributed by atoms with Gasteiger partial charge in [0.1, 0.15) is 0 Å². The predicted octanol–water partition coefficient (Wildman–Crippen LogP) is 19.6. The molecule has 0 saturated heterocycles. The maximum absolute atomic E-state index is 12.5. The van der Waals surface area contributed by atoms with Crippen molar-refractivity contribution in [3.05, 3.63) is 36.5 Å². The van der Waals surface area contributed by atoms with Gasteiger partial charge < -0.3 is 20.3 Å². The van der Waals surface area contributed by atoms with Crippen LogP contribution in [0.5, 0.6) is 0 Å². The van der Waals surface area contributed by atoms with Gasteiger partial charge in [-0.25, -0.2) is 0 Å². The van der Waals surface area contributed by atoms with Crippen LogP contribution in [0.1, 0.15) is 335 Å². The van der Waals surface area contributed by atoms with E-state index in [1.165, 1.54) is 231 Å². The van der Waals surface area contributed by atoms with Crippen LogP contribution >= 0.6 is 0 Å². The van der Waals surface area contributed by atoms with E-state index in [2.05, 4.69) is 55.6 Å². The summed E-state index contributed by atoms with van der Waals surface area (Å²) in [6.07, 6.45) is 74.3. The minimum absolute atomic E-state index is 0.0164. The van der Waals surface area contributed by atoms with Crippen LogP contribution in [0.25, 0.3) is 0 Å². The summed E-state index contributed by atoms with van der Waals surface area (Å²) < 4.78 is 5.47. The first kappa shape index (κ1) is 68.1. The van der Waals surface area contributed by atoms with Gasteiger partial charge in [-0.05, 0) is 83.5 Å². The van der Waals surface area contributed by atoms with Crippen molar-refractivity contribution in [2.45, 2.75) is 347 Å². The van der Waals surface area contributed by atoms with Crippen molar-refractivity contribution < 1.29 is 24.5 Å². The molecule has 2 atom stereocenters. The Bertz CT molecular complexity index is 1130. The molecule has 0 rings (SSSR count). The van der Waals surface area contributed by atoms with E-state index in [1.807, 2.05) is 0 Å². The minimum Gasteiger partial charge on any atom is -0.466 e. The van der Waals surface area contributed by atoms with E-state index in [-0.39, 0.29) is 18.5 Å². The van der Waals surface area contributed by atoms with Crippen molar-refractivity contribution in [1.82, 2.24) is 5.32 Å². The number of carbonyl (C=O) groups excluding carboxylic acids is 2. The highest BCUT2D eigenvalue weighted by Gasteiger charge is 2.20. The van der Waals surface area contributed by atoms with E-state index < -0.39 is 12.1 Å². The summed E-state index contributed by atoms with van der Waals surface area (Å²) in [5.41, 5.74) is 0. The molecule has 0 aromatic carbocycles. The molecule has 6 nitrogen and oxygen atoms in total. The molecule has 412 valence electrons. The lowest BCUT2D eigenvalue weighted by atomic mass is 10.0. The molecule has 0 aromatic rings. The second kappa shape index (κ2) is 59.6. The van der Waals surface area contributed by atoms with Gasteiger partial charge in [0, 0.05) is 12.8 Å². The molecule has 0 aliphatic rings. The number of aliphatic hydroxyl groups is 2. The Morgan fingerprint density at radius 1 is 0.400 bits per heavy atom. The van der Waals surface area contributed by atoms with Crippen molar-refractivity contribution in [3.8, 4) is 0 Å². The lowest BCUT2D eigenvalue weighted by Crippen LogP contribution is -2.45. The number of esters is 1. The normalized spacial score (nSPS) is 12.8. The van der Waals surface area contributed by atoms with Crippen LogP contribution in [0.4, 0.5) is 0 Å². The number of unbranched alkanes of at least 4 members (excludes halogenated alkanes) is 41.